The third-order valence-corrected chi connectivity index (χ3v) is 8.75. The minimum Gasteiger partial charge on any atom is -0.507 e. The second-order valence-corrected chi connectivity index (χ2v) is 12.1. The van der Waals surface area contributed by atoms with E-state index >= 15 is 0 Å². The van der Waals surface area contributed by atoms with Crippen LogP contribution in [0.25, 0.3) is 17.0 Å². The lowest BCUT2D eigenvalue weighted by Crippen LogP contribution is -2.25. The lowest BCUT2D eigenvalue weighted by molar-refractivity contribution is -0.121. The summed E-state index contributed by atoms with van der Waals surface area (Å²) in [7, 11) is 0. The molecule has 47 heavy (non-hydrogen) atoms. The second kappa shape index (κ2) is 14.0. The molecule has 1 aromatic heterocycles. The Labute approximate surface area is 272 Å². The zero-order chi connectivity index (χ0) is 32.9. The molecule has 1 unspecified atom stereocenters. The van der Waals surface area contributed by atoms with Crippen molar-refractivity contribution < 1.29 is 38.8 Å². The molecule has 4 aromatic rings. The van der Waals surface area contributed by atoms with Gasteiger partial charge in [0.2, 0.25) is 12.7 Å². The van der Waals surface area contributed by atoms with E-state index in [-0.39, 0.29) is 53.9 Å². The Balaban J connectivity index is 1.37. The number of rotatable bonds is 6. The molecule has 0 bridgehead atoms. The standard InChI is InChI=1S/C37H38N2O8/c1-22-7-5-11-26(40)10-4-2-3-8-24-17-30(41)35(36(43)34(24)37(44)47-22)28(23-13-14-31-32(18-23)46-21-45-31)19-33(42)39-20-25-9-6-12-29-27(25)15-16-38-29/h3,6,8-9,12-18,22,28,38,41,43H,2,4-5,7,10-11,19-21H2,1H3,(H,39,42)/b8-3+/t22-,28?/m0/s1. The van der Waals surface area contributed by atoms with Gasteiger partial charge in [-0.2, -0.15) is 0 Å². The molecule has 244 valence electrons. The molecule has 6 rings (SSSR count). The summed E-state index contributed by atoms with van der Waals surface area (Å²) in [5.74, 6) is -1.51. The van der Waals surface area contributed by atoms with Crippen molar-refractivity contribution in [3.05, 3.63) is 88.6 Å². The van der Waals surface area contributed by atoms with Crippen molar-refractivity contribution in [1.29, 1.82) is 0 Å². The van der Waals surface area contributed by atoms with E-state index in [1.165, 1.54) is 6.07 Å². The Morgan fingerprint density at radius 1 is 1.04 bits per heavy atom. The maximum atomic E-state index is 13.6. The first-order chi connectivity index (χ1) is 22.8. The monoisotopic (exact) mass is 638 g/mol. The van der Waals surface area contributed by atoms with Crippen LogP contribution in [-0.2, 0) is 20.9 Å². The topological polar surface area (TPSA) is 147 Å². The van der Waals surface area contributed by atoms with Crippen molar-refractivity contribution in [2.24, 2.45) is 0 Å². The minimum absolute atomic E-state index is 0.0233. The Morgan fingerprint density at radius 2 is 1.87 bits per heavy atom. The van der Waals surface area contributed by atoms with Gasteiger partial charge in [-0.1, -0.05) is 30.4 Å². The van der Waals surface area contributed by atoms with E-state index in [1.54, 1.807) is 37.3 Å². The fourth-order valence-electron chi connectivity index (χ4n) is 6.29. The maximum Gasteiger partial charge on any atom is 0.342 e. The first-order valence-corrected chi connectivity index (χ1v) is 16.0. The number of amides is 1. The molecule has 0 saturated carbocycles. The van der Waals surface area contributed by atoms with E-state index in [0.717, 1.165) is 16.5 Å². The van der Waals surface area contributed by atoms with Crippen molar-refractivity contribution >= 4 is 34.6 Å². The van der Waals surface area contributed by atoms with Gasteiger partial charge >= 0.3 is 5.97 Å². The van der Waals surface area contributed by atoms with E-state index in [1.807, 2.05) is 30.5 Å². The highest BCUT2D eigenvalue weighted by Gasteiger charge is 2.32. The molecule has 0 saturated heterocycles. The number of benzene rings is 3. The highest BCUT2D eigenvalue weighted by atomic mass is 16.7. The molecule has 10 heteroatoms. The van der Waals surface area contributed by atoms with Gasteiger partial charge in [0.05, 0.1) is 6.10 Å². The summed E-state index contributed by atoms with van der Waals surface area (Å²) in [6.07, 6.45) is 7.82. The van der Waals surface area contributed by atoms with Crippen LogP contribution in [-0.4, -0.2) is 45.8 Å². The number of cyclic esters (lactones) is 1. The number of carbonyl (C=O) groups excluding carboxylic acids is 3. The van der Waals surface area contributed by atoms with Crippen molar-refractivity contribution in [3.8, 4) is 23.0 Å². The Morgan fingerprint density at radius 3 is 2.74 bits per heavy atom. The van der Waals surface area contributed by atoms with Gasteiger partial charge in [-0.05, 0) is 79.6 Å². The van der Waals surface area contributed by atoms with Crippen molar-refractivity contribution in [1.82, 2.24) is 10.3 Å². The lowest BCUT2D eigenvalue weighted by atomic mass is 9.84. The molecule has 2 aliphatic heterocycles. The molecule has 2 aliphatic rings. The van der Waals surface area contributed by atoms with Gasteiger partial charge in [-0.3, -0.25) is 9.59 Å². The van der Waals surface area contributed by atoms with Gasteiger partial charge in [0.1, 0.15) is 22.8 Å². The Hall–Kier alpha value is -5.25. The number of hydrogen-bond acceptors (Lipinski definition) is 8. The van der Waals surface area contributed by atoms with Crippen LogP contribution in [0.3, 0.4) is 0 Å². The number of carbonyl (C=O) groups is 3. The zero-order valence-electron chi connectivity index (χ0n) is 26.2. The predicted octanol–water partition coefficient (Wildman–Crippen LogP) is 6.63. The average molecular weight is 639 g/mol. The highest BCUT2D eigenvalue weighted by molar-refractivity contribution is 5.98. The fraction of sp³-hybridized carbons (Fsp3) is 0.324. The molecule has 1 amide bonds. The number of esters is 1. The molecule has 0 spiro atoms. The van der Waals surface area contributed by atoms with Gasteiger partial charge in [0.15, 0.2) is 11.5 Å². The number of ketones is 1. The van der Waals surface area contributed by atoms with E-state index in [9.17, 15) is 24.6 Å². The second-order valence-electron chi connectivity index (χ2n) is 12.1. The maximum absolute atomic E-state index is 13.6. The summed E-state index contributed by atoms with van der Waals surface area (Å²) in [5.41, 5.74) is 2.66. The number of ether oxygens (including phenoxy) is 3. The lowest BCUT2D eigenvalue weighted by Gasteiger charge is -2.23. The molecule has 0 aliphatic carbocycles. The normalized spacial score (nSPS) is 18.2. The van der Waals surface area contributed by atoms with Crippen molar-refractivity contribution in [3.63, 3.8) is 0 Å². The van der Waals surface area contributed by atoms with Gasteiger partial charge in [0.25, 0.3) is 0 Å². The number of aromatic hydroxyl groups is 2. The van der Waals surface area contributed by atoms with E-state index < -0.39 is 23.7 Å². The summed E-state index contributed by atoms with van der Waals surface area (Å²) in [6, 6.07) is 14.3. The van der Waals surface area contributed by atoms with Crippen LogP contribution in [0, 0.1) is 0 Å². The number of allylic oxidation sites excluding steroid dienone is 1. The summed E-state index contributed by atoms with van der Waals surface area (Å²) in [6.45, 7) is 2.06. The van der Waals surface area contributed by atoms with Crippen molar-refractivity contribution in [2.45, 2.75) is 70.4 Å². The van der Waals surface area contributed by atoms with Crippen LogP contribution in [0.2, 0.25) is 0 Å². The summed E-state index contributed by atoms with van der Waals surface area (Å²) >= 11 is 0. The number of aromatic amines is 1. The van der Waals surface area contributed by atoms with Crippen molar-refractivity contribution in [2.75, 3.05) is 6.79 Å². The summed E-state index contributed by atoms with van der Waals surface area (Å²) in [4.78, 5) is 42.6. The van der Waals surface area contributed by atoms with Crippen LogP contribution >= 0.6 is 0 Å². The molecule has 0 radical (unpaired) electrons. The molecule has 2 atom stereocenters. The summed E-state index contributed by atoms with van der Waals surface area (Å²) in [5, 5.41) is 27.2. The predicted molar refractivity (Wildman–Crippen MR) is 176 cm³/mol. The number of phenolic OH excluding ortho intramolecular Hbond substituents is 2. The quantitative estimate of drug-likeness (QED) is 0.172. The van der Waals surface area contributed by atoms with E-state index in [0.29, 0.717) is 55.6 Å². The van der Waals surface area contributed by atoms with Crippen LogP contribution in [0.1, 0.15) is 90.4 Å². The summed E-state index contributed by atoms with van der Waals surface area (Å²) < 4.78 is 16.8. The van der Waals surface area contributed by atoms with Crippen LogP contribution in [0.4, 0.5) is 0 Å². The van der Waals surface area contributed by atoms with Crippen LogP contribution in [0.5, 0.6) is 23.0 Å². The van der Waals surface area contributed by atoms with Gasteiger partial charge in [0, 0.05) is 54.4 Å². The molecule has 3 aromatic carbocycles. The number of aromatic nitrogens is 1. The molecule has 3 heterocycles. The van der Waals surface area contributed by atoms with Gasteiger partial charge < -0.3 is 34.7 Å². The number of fused-ring (bicyclic) bond motifs is 3. The average Bonchev–Trinajstić information content (AvgIpc) is 3.72. The van der Waals surface area contributed by atoms with Gasteiger partial charge in [-0.15, -0.1) is 0 Å². The smallest absolute Gasteiger partial charge is 0.342 e. The van der Waals surface area contributed by atoms with Crippen LogP contribution in [0.15, 0.2) is 60.8 Å². The number of phenols is 2. The Kier molecular flexibility index (Phi) is 9.47. The first kappa shape index (κ1) is 31.7. The molecule has 4 N–H and O–H groups in total. The van der Waals surface area contributed by atoms with E-state index in [2.05, 4.69) is 10.3 Å². The number of nitrogens with one attached hydrogen (secondary N) is 2. The fourth-order valence-corrected chi connectivity index (χ4v) is 6.29. The Bertz CT molecular complexity index is 1840. The van der Waals surface area contributed by atoms with Crippen LogP contribution < -0.4 is 14.8 Å². The highest BCUT2D eigenvalue weighted by Crippen LogP contribution is 2.46. The molecule has 0 fully saturated rings. The molecular weight excluding hydrogens is 600 g/mol. The van der Waals surface area contributed by atoms with E-state index in [4.69, 9.17) is 14.2 Å². The number of hydrogen-bond donors (Lipinski definition) is 4. The third kappa shape index (κ3) is 7.11. The zero-order valence-corrected chi connectivity index (χ0v) is 26.2. The third-order valence-electron chi connectivity index (χ3n) is 8.75. The minimum atomic E-state index is -0.869. The first-order valence-electron chi connectivity index (χ1n) is 16.0. The SMILES string of the molecule is C[C@H]1CCCC(=O)CCC/C=C/c2cc(O)c(C(CC(=O)NCc3cccc4[nH]ccc34)c3ccc4c(c3)OCO4)c(O)c2C(=O)O1. The number of H-pyrrole nitrogens is 1. The molecular formula is C37H38N2O8. The largest absolute Gasteiger partial charge is 0.507 e. The molecule has 10 nitrogen and oxygen atoms in total. The van der Waals surface area contributed by atoms with Gasteiger partial charge in [-0.25, -0.2) is 4.79 Å². The number of Topliss-reactive ketones (excluding diaryl/α,β-unsaturated/α-hetero) is 1.